The first-order chi connectivity index (χ1) is 9.71. The van der Waals surface area contributed by atoms with Crippen LogP contribution in [-0.4, -0.2) is 32.4 Å². The third-order valence-electron chi connectivity index (χ3n) is 3.74. The third-order valence-corrected chi connectivity index (χ3v) is 5.68. The molecule has 0 aliphatic carbocycles. The highest BCUT2D eigenvalue weighted by Crippen LogP contribution is 2.22. The number of nitrogens with two attached hydrogens (primary N) is 1. The van der Waals surface area contributed by atoms with Gasteiger partial charge in [-0.3, -0.25) is 0 Å². The molecule has 1 aromatic carbocycles. The second-order valence-electron chi connectivity index (χ2n) is 5.49. The van der Waals surface area contributed by atoms with E-state index in [4.69, 9.17) is 5.73 Å². The van der Waals surface area contributed by atoms with Crippen molar-refractivity contribution in [3.63, 3.8) is 0 Å². The van der Waals surface area contributed by atoms with Gasteiger partial charge in [0.05, 0.1) is 11.4 Å². The Kier molecular flexibility index (Phi) is 5.97. The van der Waals surface area contributed by atoms with E-state index in [1.54, 1.807) is 25.2 Å². The normalized spacial score (nSPS) is 13.1. The minimum absolute atomic E-state index is 0.0629. The van der Waals surface area contributed by atoms with Crippen molar-refractivity contribution in [3.8, 4) is 11.8 Å². The summed E-state index contributed by atoms with van der Waals surface area (Å²) in [6, 6.07) is 4.94. The SMILES string of the molecule is Cc1cc(S(=O)(=O)N(C)C(C)C(C)C)ccc1C#CCN. The van der Waals surface area contributed by atoms with Gasteiger partial charge in [0, 0.05) is 18.7 Å². The molecule has 0 saturated heterocycles. The molecule has 116 valence electrons. The number of sulfonamides is 1. The summed E-state index contributed by atoms with van der Waals surface area (Å²) in [6.07, 6.45) is 0. The number of rotatable bonds is 4. The van der Waals surface area contributed by atoms with Crippen molar-refractivity contribution >= 4 is 10.0 Å². The van der Waals surface area contributed by atoms with E-state index in [0.717, 1.165) is 11.1 Å². The smallest absolute Gasteiger partial charge is 0.243 e. The van der Waals surface area contributed by atoms with E-state index >= 15 is 0 Å². The molecular formula is C16H24N2O2S. The molecule has 4 nitrogen and oxygen atoms in total. The molecule has 0 spiro atoms. The number of hydrogen-bond acceptors (Lipinski definition) is 3. The summed E-state index contributed by atoms with van der Waals surface area (Å²) in [6.45, 7) is 8.07. The van der Waals surface area contributed by atoms with Gasteiger partial charge in [0.25, 0.3) is 0 Å². The first-order valence-electron chi connectivity index (χ1n) is 6.99. The van der Waals surface area contributed by atoms with Gasteiger partial charge in [-0.25, -0.2) is 8.42 Å². The molecule has 0 aliphatic rings. The van der Waals surface area contributed by atoms with Crippen molar-refractivity contribution in [2.24, 2.45) is 11.7 Å². The van der Waals surface area contributed by atoms with E-state index < -0.39 is 10.0 Å². The highest BCUT2D eigenvalue weighted by atomic mass is 32.2. The van der Waals surface area contributed by atoms with E-state index in [0.29, 0.717) is 4.90 Å². The zero-order valence-corrected chi connectivity index (χ0v) is 14.2. The molecule has 0 bridgehead atoms. The average molecular weight is 308 g/mol. The van der Waals surface area contributed by atoms with Crippen LogP contribution in [0.5, 0.6) is 0 Å². The first kappa shape index (κ1) is 17.7. The van der Waals surface area contributed by atoms with Gasteiger partial charge in [-0.2, -0.15) is 4.31 Å². The number of hydrogen-bond donors (Lipinski definition) is 1. The molecule has 0 fully saturated rings. The van der Waals surface area contributed by atoms with Crippen molar-refractivity contribution in [1.82, 2.24) is 4.31 Å². The van der Waals surface area contributed by atoms with Gasteiger partial charge in [-0.05, 0) is 43.5 Å². The van der Waals surface area contributed by atoms with E-state index in [2.05, 4.69) is 11.8 Å². The molecule has 0 radical (unpaired) electrons. The van der Waals surface area contributed by atoms with Crippen molar-refractivity contribution in [3.05, 3.63) is 29.3 Å². The highest BCUT2D eigenvalue weighted by Gasteiger charge is 2.27. The summed E-state index contributed by atoms with van der Waals surface area (Å²) in [5, 5.41) is 0. The van der Waals surface area contributed by atoms with Gasteiger partial charge in [0.15, 0.2) is 0 Å². The number of benzene rings is 1. The summed E-state index contributed by atoms with van der Waals surface area (Å²) in [5.41, 5.74) is 6.99. The molecule has 0 amide bonds. The lowest BCUT2D eigenvalue weighted by Gasteiger charge is -2.27. The molecule has 0 aliphatic heterocycles. The molecule has 1 unspecified atom stereocenters. The molecule has 2 N–H and O–H groups in total. The molecule has 1 aromatic rings. The fourth-order valence-corrected chi connectivity index (χ4v) is 3.47. The highest BCUT2D eigenvalue weighted by molar-refractivity contribution is 7.89. The molecular weight excluding hydrogens is 284 g/mol. The summed E-state index contributed by atoms with van der Waals surface area (Å²) in [4.78, 5) is 0.299. The average Bonchev–Trinajstić information content (AvgIpc) is 2.44. The van der Waals surface area contributed by atoms with Gasteiger partial charge >= 0.3 is 0 Å². The maximum Gasteiger partial charge on any atom is 0.243 e. The van der Waals surface area contributed by atoms with Crippen molar-refractivity contribution in [1.29, 1.82) is 0 Å². The predicted molar refractivity (Wildman–Crippen MR) is 86.4 cm³/mol. The molecule has 0 aromatic heterocycles. The van der Waals surface area contributed by atoms with Crippen LogP contribution in [-0.2, 0) is 10.0 Å². The van der Waals surface area contributed by atoms with Gasteiger partial charge in [0.1, 0.15) is 0 Å². The summed E-state index contributed by atoms with van der Waals surface area (Å²) in [7, 11) is -1.86. The van der Waals surface area contributed by atoms with E-state index in [1.807, 2.05) is 27.7 Å². The molecule has 0 heterocycles. The maximum atomic E-state index is 12.6. The second kappa shape index (κ2) is 7.08. The Morgan fingerprint density at radius 3 is 2.38 bits per heavy atom. The quantitative estimate of drug-likeness (QED) is 0.865. The molecule has 1 rings (SSSR count). The summed E-state index contributed by atoms with van der Waals surface area (Å²) < 4.78 is 26.7. The molecule has 0 saturated carbocycles. The lowest BCUT2D eigenvalue weighted by atomic mass is 10.1. The van der Waals surface area contributed by atoms with Crippen molar-refractivity contribution in [2.75, 3.05) is 13.6 Å². The zero-order chi connectivity index (χ0) is 16.2. The topological polar surface area (TPSA) is 63.4 Å². The lowest BCUT2D eigenvalue weighted by Crippen LogP contribution is -2.38. The largest absolute Gasteiger partial charge is 0.320 e. The van der Waals surface area contributed by atoms with Crippen LogP contribution in [0.1, 0.15) is 31.9 Å². The predicted octanol–water partition coefficient (Wildman–Crippen LogP) is 1.97. The fourth-order valence-electron chi connectivity index (χ4n) is 1.89. The van der Waals surface area contributed by atoms with Crippen LogP contribution in [0, 0.1) is 24.7 Å². The van der Waals surface area contributed by atoms with Gasteiger partial charge < -0.3 is 5.73 Å². The monoisotopic (exact) mass is 308 g/mol. The standard InChI is InChI=1S/C16H24N2O2S/c1-12(2)14(4)18(5)21(19,20)16-9-8-15(7-6-10-17)13(3)11-16/h8-9,11-12,14H,10,17H2,1-5H3. The summed E-state index contributed by atoms with van der Waals surface area (Å²) in [5.74, 6) is 5.97. The minimum Gasteiger partial charge on any atom is -0.320 e. The summed E-state index contributed by atoms with van der Waals surface area (Å²) >= 11 is 0. The van der Waals surface area contributed by atoms with E-state index in [1.165, 1.54) is 4.31 Å². The van der Waals surface area contributed by atoms with Crippen LogP contribution in [0.4, 0.5) is 0 Å². The van der Waals surface area contributed by atoms with Gasteiger partial charge in [0.2, 0.25) is 10.0 Å². The first-order valence-corrected chi connectivity index (χ1v) is 8.43. The Morgan fingerprint density at radius 1 is 1.29 bits per heavy atom. The number of nitrogens with zero attached hydrogens (tertiary/aromatic N) is 1. The lowest BCUT2D eigenvalue weighted by molar-refractivity contribution is 0.316. The Balaban J connectivity index is 3.19. The van der Waals surface area contributed by atoms with Gasteiger partial charge in [-0.1, -0.05) is 25.7 Å². The fraction of sp³-hybridized carbons (Fsp3) is 0.500. The zero-order valence-electron chi connectivity index (χ0n) is 13.3. The Morgan fingerprint density at radius 2 is 1.90 bits per heavy atom. The van der Waals surface area contributed by atoms with Gasteiger partial charge in [-0.15, -0.1) is 0 Å². The van der Waals surface area contributed by atoms with E-state index in [-0.39, 0.29) is 18.5 Å². The number of aryl methyl sites for hydroxylation is 1. The molecule has 1 atom stereocenters. The van der Waals surface area contributed by atoms with Crippen molar-refractivity contribution in [2.45, 2.75) is 38.6 Å². The van der Waals surface area contributed by atoms with E-state index in [9.17, 15) is 8.42 Å². The Hall–Kier alpha value is -1.35. The third kappa shape index (κ3) is 4.07. The van der Waals surface area contributed by atoms with Crippen LogP contribution in [0.3, 0.4) is 0 Å². The minimum atomic E-state index is -3.48. The maximum absolute atomic E-state index is 12.6. The van der Waals surface area contributed by atoms with Crippen LogP contribution in [0.2, 0.25) is 0 Å². The van der Waals surface area contributed by atoms with Crippen LogP contribution >= 0.6 is 0 Å². The Bertz CT molecular complexity index is 655. The van der Waals surface area contributed by atoms with Crippen LogP contribution < -0.4 is 5.73 Å². The van der Waals surface area contributed by atoms with Crippen LogP contribution in [0.25, 0.3) is 0 Å². The van der Waals surface area contributed by atoms with Crippen molar-refractivity contribution < 1.29 is 8.42 Å². The molecule has 21 heavy (non-hydrogen) atoms. The molecule has 5 heteroatoms. The Labute approximate surface area is 128 Å². The van der Waals surface area contributed by atoms with Crippen LogP contribution in [0.15, 0.2) is 23.1 Å². The second-order valence-corrected chi connectivity index (χ2v) is 7.49.